The highest BCUT2D eigenvalue weighted by Gasteiger charge is 2.13. The molecule has 28 heavy (non-hydrogen) atoms. The lowest BCUT2D eigenvalue weighted by Gasteiger charge is -2.07. The van der Waals surface area contributed by atoms with E-state index in [1.807, 2.05) is 18.2 Å². The highest BCUT2D eigenvalue weighted by molar-refractivity contribution is 6.06. The first-order valence-corrected chi connectivity index (χ1v) is 8.55. The van der Waals surface area contributed by atoms with Crippen LogP contribution < -0.4 is 10.6 Å². The van der Waals surface area contributed by atoms with Gasteiger partial charge in [0.15, 0.2) is 5.76 Å². The first-order valence-electron chi connectivity index (χ1n) is 8.55. The van der Waals surface area contributed by atoms with Crippen LogP contribution in [0.2, 0.25) is 0 Å². The maximum absolute atomic E-state index is 12.9. The topological polar surface area (TPSA) is 71.3 Å². The van der Waals surface area contributed by atoms with Gasteiger partial charge in [-0.05, 0) is 60.7 Å². The molecule has 0 radical (unpaired) electrons. The molecule has 6 heteroatoms. The van der Waals surface area contributed by atoms with E-state index in [0.29, 0.717) is 22.5 Å². The number of para-hydroxylation sites is 1. The maximum Gasteiger partial charge on any atom is 0.291 e. The number of carbonyl (C=O) groups excluding carboxylic acids is 2. The standard InChI is InChI=1S/C22H15FN2O3/c23-16-7-11-18(12-8-16)24-21(26)14-5-9-17(10-6-14)25-22(27)20-13-15-3-1-2-4-19(15)28-20/h1-13H,(H,24,26)(H,25,27). The zero-order valence-electron chi connectivity index (χ0n) is 14.6. The fourth-order valence-corrected chi connectivity index (χ4v) is 2.73. The number of halogens is 1. The smallest absolute Gasteiger partial charge is 0.291 e. The predicted octanol–water partition coefficient (Wildman–Crippen LogP) is 5.08. The van der Waals surface area contributed by atoms with Crippen molar-refractivity contribution in [2.75, 3.05) is 10.6 Å². The summed E-state index contributed by atoms with van der Waals surface area (Å²) < 4.78 is 18.5. The van der Waals surface area contributed by atoms with E-state index in [4.69, 9.17) is 4.42 Å². The number of furan rings is 1. The minimum Gasteiger partial charge on any atom is -0.451 e. The van der Waals surface area contributed by atoms with Crippen molar-refractivity contribution >= 4 is 34.2 Å². The summed E-state index contributed by atoms with van der Waals surface area (Å²) in [7, 11) is 0. The lowest BCUT2D eigenvalue weighted by molar-refractivity contribution is 0.0997. The predicted molar refractivity (Wildman–Crippen MR) is 105 cm³/mol. The van der Waals surface area contributed by atoms with Gasteiger partial charge in [-0.2, -0.15) is 0 Å². The van der Waals surface area contributed by atoms with E-state index in [1.54, 1.807) is 36.4 Å². The highest BCUT2D eigenvalue weighted by atomic mass is 19.1. The van der Waals surface area contributed by atoms with Gasteiger partial charge in [0, 0.05) is 22.3 Å². The molecule has 0 atom stereocenters. The third-order valence-corrected chi connectivity index (χ3v) is 4.16. The number of carbonyl (C=O) groups is 2. The lowest BCUT2D eigenvalue weighted by atomic mass is 10.2. The molecule has 0 aliphatic heterocycles. The normalized spacial score (nSPS) is 10.6. The molecule has 2 N–H and O–H groups in total. The summed E-state index contributed by atoms with van der Waals surface area (Å²) in [6, 6.07) is 21.0. The Bertz CT molecular complexity index is 1120. The molecule has 0 saturated carbocycles. The molecular weight excluding hydrogens is 359 g/mol. The molecule has 3 aromatic carbocycles. The van der Waals surface area contributed by atoms with Crippen LogP contribution in [-0.4, -0.2) is 11.8 Å². The molecule has 1 aromatic heterocycles. The second-order valence-corrected chi connectivity index (χ2v) is 6.14. The minimum atomic E-state index is -0.375. The van der Waals surface area contributed by atoms with Crippen molar-refractivity contribution in [1.82, 2.24) is 0 Å². The molecule has 4 rings (SSSR count). The van der Waals surface area contributed by atoms with Gasteiger partial charge in [-0.3, -0.25) is 9.59 Å². The van der Waals surface area contributed by atoms with Crippen LogP contribution in [0.15, 0.2) is 83.3 Å². The zero-order chi connectivity index (χ0) is 19.5. The first kappa shape index (κ1) is 17.5. The summed E-state index contributed by atoms with van der Waals surface area (Å²) in [6.07, 6.45) is 0. The van der Waals surface area contributed by atoms with Crippen LogP contribution in [0.4, 0.5) is 15.8 Å². The van der Waals surface area contributed by atoms with Crippen LogP contribution in [0.3, 0.4) is 0 Å². The van der Waals surface area contributed by atoms with Crippen molar-refractivity contribution in [3.63, 3.8) is 0 Å². The Labute approximate surface area is 159 Å². The van der Waals surface area contributed by atoms with Crippen LogP contribution in [0, 0.1) is 5.82 Å². The van der Waals surface area contributed by atoms with Gasteiger partial charge in [-0.15, -0.1) is 0 Å². The van der Waals surface area contributed by atoms with Gasteiger partial charge in [0.1, 0.15) is 11.4 Å². The summed E-state index contributed by atoms with van der Waals surface area (Å²) in [5.74, 6) is -0.872. The average Bonchev–Trinajstić information content (AvgIpc) is 3.15. The number of hydrogen-bond donors (Lipinski definition) is 2. The number of rotatable bonds is 4. The number of anilines is 2. The molecular formula is C22H15FN2O3. The molecule has 2 amide bonds. The monoisotopic (exact) mass is 374 g/mol. The van der Waals surface area contributed by atoms with E-state index < -0.39 is 0 Å². The number of amides is 2. The van der Waals surface area contributed by atoms with Crippen molar-refractivity contribution in [1.29, 1.82) is 0 Å². The molecule has 0 fully saturated rings. The van der Waals surface area contributed by atoms with Gasteiger partial charge < -0.3 is 15.1 Å². The Morgan fingerprint density at radius 3 is 2.04 bits per heavy atom. The molecule has 0 saturated heterocycles. The van der Waals surface area contributed by atoms with Gasteiger partial charge in [0.05, 0.1) is 0 Å². The Morgan fingerprint density at radius 1 is 0.750 bits per heavy atom. The van der Waals surface area contributed by atoms with Crippen molar-refractivity contribution in [2.24, 2.45) is 0 Å². The number of hydrogen-bond acceptors (Lipinski definition) is 3. The molecule has 1 heterocycles. The van der Waals surface area contributed by atoms with Crippen LogP contribution in [0.5, 0.6) is 0 Å². The third-order valence-electron chi connectivity index (χ3n) is 4.16. The second kappa shape index (κ2) is 7.36. The van der Waals surface area contributed by atoms with Crippen LogP contribution in [0.25, 0.3) is 11.0 Å². The van der Waals surface area contributed by atoms with Crippen LogP contribution >= 0.6 is 0 Å². The second-order valence-electron chi connectivity index (χ2n) is 6.14. The van der Waals surface area contributed by atoms with Gasteiger partial charge >= 0.3 is 0 Å². The average molecular weight is 374 g/mol. The van der Waals surface area contributed by atoms with E-state index in [9.17, 15) is 14.0 Å². The van der Waals surface area contributed by atoms with Gasteiger partial charge in [0.25, 0.3) is 11.8 Å². The molecule has 0 spiro atoms. The van der Waals surface area contributed by atoms with E-state index in [-0.39, 0.29) is 23.4 Å². The van der Waals surface area contributed by atoms with E-state index in [1.165, 1.54) is 24.3 Å². The molecule has 0 aliphatic rings. The summed E-state index contributed by atoms with van der Waals surface area (Å²) in [4.78, 5) is 24.6. The van der Waals surface area contributed by atoms with E-state index >= 15 is 0 Å². The van der Waals surface area contributed by atoms with Crippen molar-refractivity contribution in [2.45, 2.75) is 0 Å². The minimum absolute atomic E-state index is 0.208. The summed E-state index contributed by atoms with van der Waals surface area (Å²) in [5, 5.41) is 6.26. The fourth-order valence-electron chi connectivity index (χ4n) is 2.73. The van der Waals surface area contributed by atoms with E-state index in [2.05, 4.69) is 10.6 Å². The molecule has 0 bridgehead atoms. The van der Waals surface area contributed by atoms with Gasteiger partial charge in [-0.25, -0.2) is 4.39 Å². The molecule has 4 aromatic rings. The lowest BCUT2D eigenvalue weighted by Crippen LogP contribution is -2.13. The van der Waals surface area contributed by atoms with Gasteiger partial charge in [-0.1, -0.05) is 18.2 Å². The van der Waals surface area contributed by atoms with E-state index in [0.717, 1.165) is 5.39 Å². The third kappa shape index (κ3) is 3.76. The zero-order valence-corrected chi connectivity index (χ0v) is 14.6. The van der Waals surface area contributed by atoms with Crippen LogP contribution in [-0.2, 0) is 0 Å². The Kier molecular flexibility index (Phi) is 4.60. The Hall–Kier alpha value is -3.93. The number of benzene rings is 3. The van der Waals surface area contributed by atoms with Crippen LogP contribution in [0.1, 0.15) is 20.9 Å². The van der Waals surface area contributed by atoms with Crippen molar-refractivity contribution in [3.8, 4) is 0 Å². The number of nitrogens with one attached hydrogen (secondary N) is 2. The quantitative estimate of drug-likeness (QED) is 0.523. The summed E-state index contributed by atoms with van der Waals surface area (Å²) in [5.41, 5.74) is 2.07. The fraction of sp³-hybridized carbons (Fsp3) is 0. The Balaban J connectivity index is 1.43. The SMILES string of the molecule is O=C(Nc1ccc(F)cc1)c1ccc(NC(=O)c2cc3ccccc3o2)cc1. The van der Waals surface area contributed by atoms with Crippen molar-refractivity contribution in [3.05, 3.63) is 96.0 Å². The molecule has 138 valence electrons. The molecule has 0 unspecified atom stereocenters. The summed E-state index contributed by atoms with van der Waals surface area (Å²) >= 11 is 0. The molecule has 0 aliphatic carbocycles. The summed E-state index contributed by atoms with van der Waals surface area (Å²) in [6.45, 7) is 0. The highest BCUT2D eigenvalue weighted by Crippen LogP contribution is 2.20. The van der Waals surface area contributed by atoms with Crippen molar-refractivity contribution < 1.29 is 18.4 Å². The maximum atomic E-state index is 12.9. The molecule has 5 nitrogen and oxygen atoms in total. The largest absolute Gasteiger partial charge is 0.451 e. The Morgan fingerprint density at radius 2 is 1.36 bits per heavy atom. The number of fused-ring (bicyclic) bond motifs is 1. The first-order chi connectivity index (χ1) is 13.6. The van der Waals surface area contributed by atoms with Gasteiger partial charge in [0.2, 0.25) is 0 Å².